The molecule has 2 aliphatic heterocycles. The van der Waals surface area contributed by atoms with E-state index in [1.807, 2.05) is 4.90 Å². The average molecular weight is 253 g/mol. The minimum Gasteiger partial charge on any atom is -0.392 e. The third-order valence-corrected chi connectivity index (χ3v) is 4.31. The average Bonchev–Trinajstić information content (AvgIpc) is 3.14. The molecule has 5 nitrogen and oxygen atoms in total. The van der Waals surface area contributed by atoms with Crippen molar-refractivity contribution in [2.75, 3.05) is 32.7 Å². The Morgan fingerprint density at radius 2 is 2.00 bits per heavy atom. The minimum absolute atomic E-state index is 0.160. The minimum atomic E-state index is -0.353. The molecule has 1 aliphatic carbocycles. The molecule has 3 fully saturated rings. The van der Waals surface area contributed by atoms with E-state index in [0.717, 1.165) is 38.6 Å². The van der Waals surface area contributed by atoms with Crippen molar-refractivity contribution < 1.29 is 9.90 Å². The Morgan fingerprint density at radius 1 is 1.17 bits per heavy atom. The zero-order valence-electron chi connectivity index (χ0n) is 10.8. The maximum Gasteiger partial charge on any atom is 0.239 e. The molecule has 1 amide bonds. The van der Waals surface area contributed by atoms with E-state index in [1.54, 1.807) is 0 Å². The van der Waals surface area contributed by atoms with Gasteiger partial charge >= 0.3 is 0 Å². The molecular formula is C13H23N3O2. The summed E-state index contributed by atoms with van der Waals surface area (Å²) in [5.41, 5.74) is 0. The maximum absolute atomic E-state index is 12.3. The molecule has 2 saturated heterocycles. The molecule has 0 aromatic heterocycles. The maximum atomic E-state index is 12.3. The second-order valence-corrected chi connectivity index (χ2v) is 5.80. The molecule has 2 N–H and O–H groups in total. The third-order valence-electron chi connectivity index (χ3n) is 4.31. The van der Waals surface area contributed by atoms with Crippen LogP contribution in [0.2, 0.25) is 0 Å². The summed E-state index contributed by atoms with van der Waals surface area (Å²) >= 11 is 0. The number of nitrogens with one attached hydrogen (secondary N) is 1. The normalized spacial score (nSPS) is 34.6. The van der Waals surface area contributed by atoms with Gasteiger partial charge < -0.3 is 15.3 Å². The number of carbonyl (C=O) groups excluding carboxylic acids is 1. The summed E-state index contributed by atoms with van der Waals surface area (Å²) < 4.78 is 0. The quantitative estimate of drug-likeness (QED) is 0.690. The Labute approximate surface area is 108 Å². The summed E-state index contributed by atoms with van der Waals surface area (Å²) in [6.07, 6.45) is 3.97. The van der Waals surface area contributed by atoms with Crippen LogP contribution >= 0.6 is 0 Å². The summed E-state index contributed by atoms with van der Waals surface area (Å²) in [5.74, 6) is 0.184. The van der Waals surface area contributed by atoms with E-state index in [9.17, 15) is 9.90 Å². The number of aliphatic hydroxyl groups excluding tert-OH is 1. The highest BCUT2D eigenvalue weighted by Crippen LogP contribution is 2.27. The molecule has 5 heteroatoms. The van der Waals surface area contributed by atoms with Gasteiger partial charge in [-0.1, -0.05) is 0 Å². The number of amides is 1. The van der Waals surface area contributed by atoms with Gasteiger partial charge in [0.2, 0.25) is 5.91 Å². The van der Waals surface area contributed by atoms with Crippen LogP contribution in [0.3, 0.4) is 0 Å². The number of hydrogen-bond acceptors (Lipinski definition) is 4. The van der Waals surface area contributed by atoms with Crippen molar-refractivity contribution in [1.82, 2.24) is 15.1 Å². The number of rotatable bonds is 2. The lowest BCUT2D eigenvalue weighted by atomic mass is 10.2. The van der Waals surface area contributed by atoms with Gasteiger partial charge in [0.05, 0.1) is 12.1 Å². The molecule has 3 rings (SSSR count). The first kappa shape index (κ1) is 12.4. The Bertz CT molecular complexity index is 319. The van der Waals surface area contributed by atoms with Gasteiger partial charge in [-0.2, -0.15) is 0 Å². The molecule has 0 radical (unpaired) electrons. The summed E-state index contributed by atoms with van der Waals surface area (Å²) in [4.78, 5) is 16.8. The molecule has 18 heavy (non-hydrogen) atoms. The number of β-amino-alcohol motifs (C(OH)–C–C–N with tert-alkyl or cyclic N) is 1. The van der Waals surface area contributed by atoms with Crippen molar-refractivity contribution in [3.8, 4) is 0 Å². The largest absolute Gasteiger partial charge is 0.392 e. The first-order valence-electron chi connectivity index (χ1n) is 7.18. The fourth-order valence-corrected chi connectivity index (χ4v) is 3.09. The zero-order chi connectivity index (χ0) is 12.5. The van der Waals surface area contributed by atoms with Crippen molar-refractivity contribution >= 4 is 5.91 Å². The Morgan fingerprint density at radius 3 is 2.67 bits per heavy atom. The predicted molar refractivity (Wildman–Crippen MR) is 68.2 cm³/mol. The van der Waals surface area contributed by atoms with E-state index >= 15 is 0 Å². The van der Waals surface area contributed by atoms with Gasteiger partial charge in [-0.15, -0.1) is 0 Å². The monoisotopic (exact) mass is 253 g/mol. The van der Waals surface area contributed by atoms with E-state index < -0.39 is 0 Å². The smallest absolute Gasteiger partial charge is 0.239 e. The van der Waals surface area contributed by atoms with Crippen molar-refractivity contribution in [2.24, 2.45) is 0 Å². The molecule has 0 aromatic rings. The highest BCUT2D eigenvalue weighted by atomic mass is 16.3. The van der Waals surface area contributed by atoms with Gasteiger partial charge in [0, 0.05) is 38.8 Å². The molecule has 2 heterocycles. The van der Waals surface area contributed by atoms with Crippen molar-refractivity contribution in [2.45, 2.75) is 43.9 Å². The van der Waals surface area contributed by atoms with Crippen LogP contribution in [0.1, 0.15) is 25.7 Å². The van der Waals surface area contributed by atoms with Crippen LogP contribution < -0.4 is 5.32 Å². The number of aliphatic hydroxyl groups is 1. The second-order valence-electron chi connectivity index (χ2n) is 5.80. The van der Waals surface area contributed by atoms with Crippen molar-refractivity contribution in [3.05, 3.63) is 0 Å². The lowest BCUT2D eigenvalue weighted by Gasteiger charge is -2.24. The Kier molecular flexibility index (Phi) is 3.54. The molecular weight excluding hydrogens is 230 g/mol. The molecule has 0 unspecified atom stereocenters. The lowest BCUT2D eigenvalue weighted by Crippen LogP contribution is -2.45. The first-order chi connectivity index (χ1) is 8.74. The van der Waals surface area contributed by atoms with Crippen LogP contribution in [-0.4, -0.2) is 71.7 Å². The lowest BCUT2D eigenvalue weighted by molar-refractivity contribution is -0.133. The number of hydrogen-bond donors (Lipinski definition) is 2. The number of carbonyl (C=O) groups is 1. The topological polar surface area (TPSA) is 55.8 Å². The van der Waals surface area contributed by atoms with Gasteiger partial charge in [0.25, 0.3) is 0 Å². The molecule has 0 spiro atoms. The summed E-state index contributed by atoms with van der Waals surface area (Å²) in [5, 5.41) is 12.6. The summed E-state index contributed by atoms with van der Waals surface area (Å²) in [6.45, 7) is 4.43. The van der Waals surface area contributed by atoms with Crippen LogP contribution in [0.5, 0.6) is 0 Å². The fourth-order valence-electron chi connectivity index (χ4n) is 3.09. The second kappa shape index (κ2) is 5.15. The standard InChI is InChI=1S/C13H23N3O2/c17-11-8-12(14-9-11)13(18)16-5-1-4-15(6-7-16)10-2-3-10/h10-12,14,17H,1-9H2/t11-,12-/m1/s1. The highest BCUT2D eigenvalue weighted by molar-refractivity contribution is 5.82. The fraction of sp³-hybridized carbons (Fsp3) is 0.923. The van der Waals surface area contributed by atoms with E-state index in [0.29, 0.717) is 13.0 Å². The highest BCUT2D eigenvalue weighted by Gasteiger charge is 2.34. The molecule has 102 valence electrons. The molecule has 3 aliphatic rings. The SMILES string of the molecule is O=C([C@H]1C[C@@H](O)CN1)N1CCCN(C2CC2)CC1. The van der Waals surface area contributed by atoms with Gasteiger partial charge in [-0.3, -0.25) is 9.69 Å². The first-order valence-corrected chi connectivity index (χ1v) is 7.18. The van der Waals surface area contributed by atoms with Crippen molar-refractivity contribution in [3.63, 3.8) is 0 Å². The molecule has 0 aromatic carbocycles. The molecule has 2 atom stereocenters. The van der Waals surface area contributed by atoms with Crippen LogP contribution in [0.15, 0.2) is 0 Å². The molecule has 0 bridgehead atoms. The van der Waals surface area contributed by atoms with Gasteiger partial charge in [-0.05, 0) is 25.7 Å². The summed E-state index contributed by atoms with van der Waals surface area (Å²) in [7, 11) is 0. The van der Waals surface area contributed by atoms with Crippen LogP contribution in [0.25, 0.3) is 0 Å². The van der Waals surface area contributed by atoms with E-state index in [1.165, 1.54) is 12.8 Å². The Hall–Kier alpha value is -0.650. The van der Waals surface area contributed by atoms with Crippen LogP contribution in [0.4, 0.5) is 0 Å². The van der Waals surface area contributed by atoms with Crippen LogP contribution in [0, 0.1) is 0 Å². The van der Waals surface area contributed by atoms with E-state index in [4.69, 9.17) is 0 Å². The predicted octanol–water partition coefficient (Wildman–Crippen LogP) is -0.594. The van der Waals surface area contributed by atoms with Crippen LogP contribution in [-0.2, 0) is 4.79 Å². The van der Waals surface area contributed by atoms with Crippen molar-refractivity contribution in [1.29, 1.82) is 0 Å². The van der Waals surface area contributed by atoms with E-state index in [-0.39, 0.29) is 18.1 Å². The summed E-state index contributed by atoms with van der Waals surface area (Å²) in [6, 6.07) is 0.638. The van der Waals surface area contributed by atoms with E-state index in [2.05, 4.69) is 10.2 Å². The number of nitrogens with zero attached hydrogens (tertiary/aromatic N) is 2. The zero-order valence-corrected chi connectivity index (χ0v) is 10.8. The van der Waals surface area contributed by atoms with Gasteiger partial charge in [0.1, 0.15) is 0 Å². The third kappa shape index (κ3) is 2.68. The van der Waals surface area contributed by atoms with Gasteiger partial charge in [0.15, 0.2) is 0 Å². The molecule has 1 saturated carbocycles. The Balaban J connectivity index is 1.53. The van der Waals surface area contributed by atoms with Gasteiger partial charge in [-0.25, -0.2) is 0 Å².